The summed E-state index contributed by atoms with van der Waals surface area (Å²) < 4.78 is 0. The second-order valence-electron chi connectivity index (χ2n) is 8.52. The average molecular weight is 464 g/mol. The van der Waals surface area contributed by atoms with E-state index in [0.717, 1.165) is 5.56 Å². The summed E-state index contributed by atoms with van der Waals surface area (Å²) in [7, 11) is 0. The molecule has 3 unspecified atom stereocenters. The number of phenols is 1. The molecule has 1 aromatic rings. The minimum Gasteiger partial charge on any atom is -0.508 e. The third kappa shape index (κ3) is 10.0. The summed E-state index contributed by atoms with van der Waals surface area (Å²) in [5.74, 6) is -1.46. The Balaban J connectivity index is 2.84. The fourth-order valence-electron chi connectivity index (χ4n) is 2.95. The van der Waals surface area contributed by atoms with Crippen LogP contribution in [0.25, 0.3) is 0 Å². The Bertz CT molecular complexity index is 797. The highest BCUT2D eigenvalue weighted by Gasteiger charge is 2.26. The van der Waals surface area contributed by atoms with Crippen LogP contribution in [0.2, 0.25) is 0 Å². The summed E-state index contributed by atoms with van der Waals surface area (Å²) in [6.07, 6.45) is 0.866. The Morgan fingerprint density at radius 3 is 2.12 bits per heavy atom. The smallest absolute Gasteiger partial charge is 0.242 e. The molecule has 0 aliphatic carbocycles. The number of phenolic OH excluding ortho intramolecular Hbond substituents is 1. The summed E-state index contributed by atoms with van der Waals surface area (Å²) >= 11 is 0. The lowest BCUT2D eigenvalue weighted by Gasteiger charge is -2.26. The van der Waals surface area contributed by atoms with E-state index in [1.165, 1.54) is 26.0 Å². The van der Waals surface area contributed by atoms with Crippen LogP contribution in [0.15, 0.2) is 24.3 Å². The number of carbonyl (C=O) groups is 3. The molecule has 0 fully saturated rings. The third-order valence-corrected chi connectivity index (χ3v) is 5.13. The molecule has 3 amide bonds. The molecule has 0 spiro atoms. The highest BCUT2D eigenvalue weighted by Crippen LogP contribution is 2.15. The van der Waals surface area contributed by atoms with Crippen molar-refractivity contribution in [2.45, 2.75) is 77.2 Å². The Morgan fingerprint density at radius 2 is 1.61 bits per heavy atom. The minimum atomic E-state index is -1.09. The van der Waals surface area contributed by atoms with Crippen molar-refractivity contribution in [3.8, 4) is 5.75 Å². The van der Waals surface area contributed by atoms with Crippen molar-refractivity contribution in [3.05, 3.63) is 29.8 Å². The van der Waals surface area contributed by atoms with Crippen LogP contribution in [0.5, 0.6) is 5.75 Å². The van der Waals surface area contributed by atoms with Crippen LogP contribution in [0.4, 0.5) is 0 Å². The summed E-state index contributed by atoms with van der Waals surface area (Å²) in [5.41, 5.74) is 6.25. The molecule has 0 heterocycles. The van der Waals surface area contributed by atoms with Crippen molar-refractivity contribution < 1.29 is 29.4 Å². The molecular formula is C23H35N4O6. The molecule has 0 aromatic heterocycles. The zero-order valence-electron chi connectivity index (χ0n) is 19.5. The molecule has 0 saturated heterocycles. The minimum absolute atomic E-state index is 0.0269. The van der Waals surface area contributed by atoms with Gasteiger partial charge in [-0.05, 0) is 50.3 Å². The summed E-state index contributed by atoms with van der Waals surface area (Å²) in [6, 6.07) is 3.10. The fourth-order valence-corrected chi connectivity index (χ4v) is 2.95. The molecule has 0 saturated carbocycles. The van der Waals surface area contributed by atoms with Gasteiger partial charge in [0.15, 0.2) is 0 Å². The Morgan fingerprint density at radius 1 is 1.00 bits per heavy atom. The van der Waals surface area contributed by atoms with Gasteiger partial charge in [0, 0.05) is 6.42 Å². The molecule has 5 atom stereocenters. The normalized spacial score (nSPS) is 15.6. The van der Waals surface area contributed by atoms with Crippen LogP contribution < -0.4 is 21.7 Å². The molecule has 10 nitrogen and oxygen atoms in total. The number of nitrogens with two attached hydrogens (primary N) is 1. The SMILES string of the molecule is CC(N)C(=O)NC(C)C(=O)N[C@@H](Cc1ccc(O)cc1)[C@@H](O)CCC(=O)NC([C]=O)C(C)C. The number of hydrogen-bond acceptors (Lipinski definition) is 7. The van der Waals surface area contributed by atoms with Gasteiger partial charge >= 0.3 is 0 Å². The molecule has 10 heteroatoms. The molecule has 183 valence electrons. The lowest BCUT2D eigenvalue weighted by molar-refractivity contribution is -0.130. The van der Waals surface area contributed by atoms with Crippen molar-refractivity contribution in [1.82, 2.24) is 16.0 Å². The molecule has 7 N–H and O–H groups in total. The van der Waals surface area contributed by atoms with E-state index in [4.69, 9.17) is 5.73 Å². The van der Waals surface area contributed by atoms with Gasteiger partial charge in [-0.1, -0.05) is 26.0 Å². The average Bonchev–Trinajstić information content (AvgIpc) is 2.76. The number of hydrogen-bond donors (Lipinski definition) is 6. The highest BCUT2D eigenvalue weighted by molar-refractivity contribution is 5.89. The maximum Gasteiger partial charge on any atom is 0.242 e. The van der Waals surface area contributed by atoms with E-state index < -0.39 is 48.0 Å². The first kappa shape index (κ1) is 28.1. The summed E-state index contributed by atoms with van der Waals surface area (Å²) in [6.45, 7) is 6.54. The van der Waals surface area contributed by atoms with Gasteiger partial charge in [0.05, 0.1) is 24.2 Å². The van der Waals surface area contributed by atoms with Gasteiger partial charge in [0.25, 0.3) is 0 Å². The summed E-state index contributed by atoms with van der Waals surface area (Å²) in [4.78, 5) is 47.5. The highest BCUT2D eigenvalue weighted by atomic mass is 16.3. The van der Waals surface area contributed by atoms with Crippen LogP contribution in [-0.4, -0.2) is 64.5 Å². The van der Waals surface area contributed by atoms with Crippen LogP contribution in [0.1, 0.15) is 46.1 Å². The molecule has 1 aromatic carbocycles. The van der Waals surface area contributed by atoms with Gasteiger partial charge in [-0.3, -0.25) is 19.2 Å². The number of aliphatic hydroxyl groups is 1. The first-order chi connectivity index (χ1) is 15.4. The van der Waals surface area contributed by atoms with E-state index >= 15 is 0 Å². The molecule has 0 aliphatic heterocycles. The second kappa shape index (κ2) is 13.5. The predicted octanol–water partition coefficient (Wildman–Crippen LogP) is -0.337. The van der Waals surface area contributed by atoms with Gasteiger partial charge in [-0.25, -0.2) is 0 Å². The van der Waals surface area contributed by atoms with Crippen LogP contribution in [0.3, 0.4) is 0 Å². The van der Waals surface area contributed by atoms with Crippen molar-refractivity contribution in [2.24, 2.45) is 11.7 Å². The zero-order valence-corrected chi connectivity index (χ0v) is 19.5. The lowest BCUT2D eigenvalue weighted by atomic mass is 9.97. The zero-order chi connectivity index (χ0) is 25.1. The number of aliphatic hydroxyl groups excluding tert-OH is 1. The third-order valence-electron chi connectivity index (χ3n) is 5.13. The molecule has 1 radical (unpaired) electrons. The Labute approximate surface area is 194 Å². The van der Waals surface area contributed by atoms with Crippen molar-refractivity contribution in [1.29, 1.82) is 0 Å². The van der Waals surface area contributed by atoms with E-state index in [-0.39, 0.29) is 30.9 Å². The quantitative estimate of drug-likeness (QED) is 0.232. The Kier molecular flexibility index (Phi) is 11.5. The number of carbonyl (C=O) groups excluding carboxylic acids is 4. The van der Waals surface area contributed by atoms with Gasteiger partial charge in [-0.2, -0.15) is 0 Å². The second-order valence-corrected chi connectivity index (χ2v) is 8.52. The van der Waals surface area contributed by atoms with Crippen molar-refractivity contribution in [3.63, 3.8) is 0 Å². The number of nitrogens with one attached hydrogen (secondary N) is 3. The van der Waals surface area contributed by atoms with Crippen LogP contribution >= 0.6 is 0 Å². The predicted molar refractivity (Wildman–Crippen MR) is 123 cm³/mol. The summed E-state index contributed by atoms with van der Waals surface area (Å²) in [5, 5.41) is 28.0. The number of benzene rings is 1. The number of aromatic hydroxyl groups is 1. The van der Waals surface area contributed by atoms with Crippen molar-refractivity contribution in [2.75, 3.05) is 0 Å². The van der Waals surface area contributed by atoms with Gasteiger partial charge < -0.3 is 31.9 Å². The lowest BCUT2D eigenvalue weighted by Crippen LogP contribution is -2.54. The van der Waals surface area contributed by atoms with Crippen LogP contribution in [-0.2, 0) is 25.6 Å². The molecule has 1 rings (SSSR count). The van der Waals surface area contributed by atoms with E-state index in [9.17, 15) is 29.4 Å². The monoisotopic (exact) mass is 463 g/mol. The van der Waals surface area contributed by atoms with Gasteiger partial charge in [0.1, 0.15) is 11.8 Å². The maximum atomic E-state index is 12.6. The van der Waals surface area contributed by atoms with E-state index in [1.54, 1.807) is 32.3 Å². The Hall–Kier alpha value is -2.98. The number of amides is 3. The fraction of sp³-hybridized carbons (Fsp3) is 0.565. The van der Waals surface area contributed by atoms with Gasteiger partial charge in [0.2, 0.25) is 24.0 Å². The van der Waals surface area contributed by atoms with E-state index in [2.05, 4.69) is 16.0 Å². The van der Waals surface area contributed by atoms with E-state index in [0.29, 0.717) is 0 Å². The van der Waals surface area contributed by atoms with E-state index in [1.807, 2.05) is 0 Å². The first-order valence-corrected chi connectivity index (χ1v) is 10.9. The molecular weight excluding hydrogens is 428 g/mol. The molecule has 0 aliphatic rings. The molecule has 33 heavy (non-hydrogen) atoms. The number of rotatable bonds is 13. The first-order valence-electron chi connectivity index (χ1n) is 10.9. The van der Waals surface area contributed by atoms with Gasteiger partial charge in [-0.15, -0.1) is 0 Å². The standard InChI is InChI=1S/C23H35N4O6/c1-13(2)19(12-28)26-21(31)10-9-20(30)18(11-16-5-7-17(29)8-6-16)27-23(33)15(4)25-22(32)14(3)24/h5-8,13-15,18-20,29-30H,9-11,24H2,1-4H3,(H,25,32)(H,26,31)(H,27,33)/t14?,15?,18-,19?,20-/m0/s1. The largest absolute Gasteiger partial charge is 0.508 e. The topological polar surface area (TPSA) is 171 Å². The maximum absolute atomic E-state index is 12.6. The molecule has 0 bridgehead atoms. The van der Waals surface area contributed by atoms with Crippen molar-refractivity contribution >= 4 is 24.0 Å². The van der Waals surface area contributed by atoms with Crippen LogP contribution in [0, 0.1) is 5.92 Å².